The minimum absolute atomic E-state index is 0.0784. The van der Waals surface area contributed by atoms with Gasteiger partial charge in [0.05, 0.1) is 12.6 Å². The molecular weight excluding hydrogens is 237 g/mol. The zero-order chi connectivity index (χ0) is 12.1. The summed E-state index contributed by atoms with van der Waals surface area (Å²) >= 11 is 1.62. The molecular formula is C13H16FNOS. The highest BCUT2D eigenvalue weighted by atomic mass is 32.2. The molecule has 2 nitrogen and oxygen atoms in total. The molecule has 0 radical (unpaired) electrons. The lowest BCUT2D eigenvalue weighted by molar-refractivity contribution is 0.179. The number of thioether (sulfide) groups is 1. The molecule has 1 aromatic carbocycles. The Morgan fingerprint density at radius 3 is 2.76 bits per heavy atom. The summed E-state index contributed by atoms with van der Waals surface area (Å²) in [6.07, 6.45) is 4.19. The van der Waals surface area contributed by atoms with E-state index in [2.05, 4.69) is 6.08 Å². The summed E-state index contributed by atoms with van der Waals surface area (Å²) in [5.74, 6) is 1.43. The van der Waals surface area contributed by atoms with E-state index in [4.69, 9.17) is 10.5 Å². The SMILES string of the molecule is NC(CSc1ccc(F)cc1)C1=CCCCO1. The summed E-state index contributed by atoms with van der Waals surface area (Å²) in [6, 6.07) is 6.38. The summed E-state index contributed by atoms with van der Waals surface area (Å²) in [6.45, 7) is 0.765. The first-order chi connectivity index (χ1) is 8.25. The van der Waals surface area contributed by atoms with Crippen LogP contribution >= 0.6 is 11.8 Å². The molecule has 0 aliphatic carbocycles. The Morgan fingerprint density at radius 1 is 1.35 bits per heavy atom. The van der Waals surface area contributed by atoms with Gasteiger partial charge in [-0.3, -0.25) is 0 Å². The van der Waals surface area contributed by atoms with Crippen molar-refractivity contribution in [2.45, 2.75) is 23.8 Å². The van der Waals surface area contributed by atoms with E-state index < -0.39 is 0 Å². The van der Waals surface area contributed by atoms with E-state index in [-0.39, 0.29) is 11.9 Å². The molecule has 4 heteroatoms. The molecule has 0 amide bonds. The van der Waals surface area contributed by atoms with Crippen LogP contribution < -0.4 is 5.73 Å². The normalized spacial score (nSPS) is 17.2. The molecule has 2 rings (SSSR count). The van der Waals surface area contributed by atoms with Crippen molar-refractivity contribution >= 4 is 11.8 Å². The average molecular weight is 253 g/mol. The lowest BCUT2D eigenvalue weighted by Crippen LogP contribution is -2.28. The van der Waals surface area contributed by atoms with Gasteiger partial charge in [-0.15, -0.1) is 11.8 Å². The topological polar surface area (TPSA) is 35.2 Å². The maximum absolute atomic E-state index is 12.7. The quantitative estimate of drug-likeness (QED) is 0.838. The van der Waals surface area contributed by atoms with E-state index >= 15 is 0 Å². The highest BCUT2D eigenvalue weighted by Gasteiger charge is 2.13. The number of hydrogen-bond donors (Lipinski definition) is 1. The fourth-order valence-corrected chi connectivity index (χ4v) is 2.50. The Hall–Kier alpha value is -1.00. The lowest BCUT2D eigenvalue weighted by Gasteiger charge is -2.20. The first-order valence-corrected chi connectivity index (χ1v) is 6.71. The summed E-state index contributed by atoms with van der Waals surface area (Å²) in [5.41, 5.74) is 6.04. The largest absolute Gasteiger partial charge is 0.497 e. The molecule has 1 atom stereocenters. The van der Waals surface area contributed by atoms with Gasteiger partial charge in [0.1, 0.15) is 11.6 Å². The first-order valence-electron chi connectivity index (χ1n) is 5.72. The molecule has 1 heterocycles. The van der Waals surface area contributed by atoms with Gasteiger partial charge in [-0.1, -0.05) is 0 Å². The molecule has 0 saturated carbocycles. The predicted molar refractivity (Wildman–Crippen MR) is 68.4 cm³/mol. The van der Waals surface area contributed by atoms with Crippen molar-refractivity contribution in [3.8, 4) is 0 Å². The summed E-state index contributed by atoms with van der Waals surface area (Å²) in [7, 11) is 0. The zero-order valence-corrected chi connectivity index (χ0v) is 10.4. The van der Waals surface area contributed by atoms with Crippen LogP contribution in [-0.2, 0) is 4.74 Å². The molecule has 0 saturated heterocycles. The number of ether oxygens (including phenoxy) is 1. The van der Waals surface area contributed by atoms with Gasteiger partial charge in [0.15, 0.2) is 0 Å². The Bertz CT molecular complexity index is 391. The van der Waals surface area contributed by atoms with Gasteiger partial charge >= 0.3 is 0 Å². The van der Waals surface area contributed by atoms with Crippen molar-refractivity contribution in [1.29, 1.82) is 0 Å². The van der Waals surface area contributed by atoms with Gasteiger partial charge in [-0.2, -0.15) is 0 Å². The van der Waals surface area contributed by atoms with Gasteiger partial charge in [0, 0.05) is 10.6 Å². The molecule has 1 aliphatic heterocycles. The van der Waals surface area contributed by atoms with Crippen molar-refractivity contribution in [3.05, 3.63) is 41.9 Å². The molecule has 0 bridgehead atoms. The van der Waals surface area contributed by atoms with Crippen LogP contribution in [0, 0.1) is 5.82 Å². The summed E-state index contributed by atoms with van der Waals surface area (Å²) in [4.78, 5) is 1.03. The van der Waals surface area contributed by atoms with Crippen LogP contribution in [-0.4, -0.2) is 18.4 Å². The van der Waals surface area contributed by atoms with Gasteiger partial charge in [-0.25, -0.2) is 4.39 Å². The van der Waals surface area contributed by atoms with Crippen molar-refractivity contribution in [1.82, 2.24) is 0 Å². The number of halogens is 1. The fraction of sp³-hybridized carbons (Fsp3) is 0.385. The standard InChI is InChI=1S/C13H16FNOS/c14-10-4-6-11(7-5-10)17-9-12(15)13-3-1-2-8-16-13/h3-7,12H,1-2,8-9,15H2. The molecule has 92 valence electrons. The molecule has 0 fully saturated rings. The highest BCUT2D eigenvalue weighted by Crippen LogP contribution is 2.22. The number of benzene rings is 1. The molecule has 1 aliphatic rings. The first kappa shape index (κ1) is 12.5. The minimum Gasteiger partial charge on any atom is -0.497 e. The maximum atomic E-state index is 12.7. The molecule has 1 aromatic rings. The van der Waals surface area contributed by atoms with E-state index in [1.54, 1.807) is 23.9 Å². The third-order valence-corrected chi connectivity index (χ3v) is 3.70. The number of rotatable bonds is 4. The predicted octanol–water partition coefficient (Wildman–Crippen LogP) is 2.94. The minimum atomic E-state index is -0.211. The summed E-state index contributed by atoms with van der Waals surface area (Å²) in [5, 5.41) is 0. The third-order valence-electron chi connectivity index (χ3n) is 2.57. The highest BCUT2D eigenvalue weighted by molar-refractivity contribution is 7.99. The Kier molecular flexibility index (Phi) is 4.45. The van der Waals surface area contributed by atoms with Crippen LogP contribution in [0.2, 0.25) is 0 Å². The molecule has 0 aromatic heterocycles. The van der Waals surface area contributed by atoms with Crippen LogP contribution in [0.1, 0.15) is 12.8 Å². The van der Waals surface area contributed by atoms with E-state index in [0.29, 0.717) is 0 Å². The second-order valence-corrected chi connectivity index (χ2v) is 5.06. The van der Waals surface area contributed by atoms with Crippen LogP contribution in [0.5, 0.6) is 0 Å². The molecule has 1 unspecified atom stereocenters. The van der Waals surface area contributed by atoms with Crippen molar-refractivity contribution in [2.75, 3.05) is 12.4 Å². The monoisotopic (exact) mass is 253 g/mol. The lowest BCUT2D eigenvalue weighted by atomic mass is 10.2. The Morgan fingerprint density at radius 2 is 2.12 bits per heavy atom. The van der Waals surface area contributed by atoms with Gasteiger partial charge < -0.3 is 10.5 Å². The van der Waals surface area contributed by atoms with Crippen LogP contribution in [0.3, 0.4) is 0 Å². The fourth-order valence-electron chi connectivity index (χ4n) is 1.63. The van der Waals surface area contributed by atoms with Crippen LogP contribution in [0.15, 0.2) is 41.0 Å². The molecule has 17 heavy (non-hydrogen) atoms. The Balaban J connectivity index is 1.85. The van der Waals surface area contributed by atoms with E-state index in [0.717, 1.165) is 35.9 Å². The molecule has 2 N–H and O–H groups in total. The molecule has 0 spiro atoms. The Labute approximate surface area is 105 Å². The number of hydrogen-bond acceptors (Lipinski definition) is 3. The van der Waals surface area contributed by atoms with Crippen molar-refractivity contribution in [3.63, 3.8) is 0 Å². The van der Waals surface area contributed by atoms with Gasteiger partial charge in [0.25, 0.3) is 0 Å². The van der Waals surface area contributed by atoms with Crippen molar-refractivity contribution in [2.24, 2.45) is 5.73 Å². The third kappa shape index (κ3) is 3.75. The second kappa shape index (κ2) is 6.07. The van der Waals surface area contributed by atoms with E-state index in [9.17, 15) is 4.39 Å². The summed E-state index contributed by atoms with van der Waals surface area (Å²) < 4.78 is 18.2. The average Bonchev–Trinajstić information content (AvgIpc) is 2.39. The zero-order valence-electron chi connectivity index (χ0n) is 9.56. The number of allylic oxidation sites excluding steroid dienone is 1. The van der Waals surface area contributed by atoms with Gasteiger partial charge in [-0.05, 0) is 43.2 Å². The van der Waals surface area contributed by atoms with Crippen LogP contribution in [0.4, 0.5) is 4.39 Å². The van der Waals surface area contributed by atoms with Crippen LogP contribution in [0.25, 0.3) is 0 Å². The van der Waals surface area contributed by atoms with E-state index in [1.165, 1.54) is 12.1 Å². The smallest absolute Gasteiger partial charge is 0.123 e. The van der Waals surface area contributed by atoms with Crippen molar-refractivity contribution < 1.29 is 9.13 Å². The number of nitrogens with two attached hydrogens (primary N) is 1. The van der Waals surface area contributed by atoms with Gasteiger partial charge in [0.2, 0.25) is 0 Å². The van der Waals surface area contributed by atoms with E-state index in [1.807, 2.05) is 0 Å². The second-order valence-electron chi connectivity index (χ2n) is 3.97. The maximum Gasteiger partial charge on any atom is 0.123 e.